The number of allylic oxidation sites excluding steroid dienone is 2. The lowest BCUT2D eigenvalue weighted by Crippen LogP contribution is -2.44. The Balaban J connectivity index is 1.39. The first kappa shape index (κ1) is 21.1. The second-order valence-electron chi connectivity index (χ2n) is 8.28. The van der Waals surface area contributed by atoms with Gasteiger partial charge in [-0.2, -0.15) is 20.1 Å². The lowest BCUT2D eigenvalue weighted by Gasteiger charge is -2.33. The Morgan fingerprint density at radius 2 is 1.88 bits per heavy atom. The van der Waals surface area contributed by atoms with Crippen LogP contribution in [0.25, 0.3) is 5.57 Å². The van der Waals surface area contributed by atoms with Gasteiger partial charge in [-0.3, -0.25) is 0 Å². The van der Waals surface area contributed by atoms with Crippen molar-refractivity contribution in [2.75, 3.05) is 35.4 Å². The smallest absolute Gasteiger partial charge is 0.250 e. The van der Waals surface area contributed by atoms with Crippen molar-refractivity contribution < 1.29 is 4.74 Å². The van der Waals surface area contributed by atoms with Gasteiger partial charge in [-0.15, -0.1) is 0 Å². The third kappa shape index (κ3) is 4.85. The molecule has 2 aromatic carbocycles. The lowest BCUT2D eigenvalue weighted by molar-refractivity contribution is 0.0981. The minimum atomic E-state index is 0.171. The van der Waals surface area contributed by atoms with Gasteiger partial charge in [-0.05, 0) is 49.1 Å². The van der Waals surface area contributed by atoms with Crippen LogP contribution < -0.4 is 15.6 Å². The molecule has 8 heteroatoms. The van der Waals surface area contributed by atoms with Crippen LogP contribution in [0.4, 0.5) is 23.5 Å². The molecule has 5 rings (SSSR count). The van der Waals surface area contributed by atoms with Crippen LogP contribution in [0.15, 0.2) is 59.7 Å². The van der Waals surface area contributed by atoms with Crippen LogP contribution >= 0.6 is 0 Å². The number of rotatable bonds is 6. The summed E-state index contributed by atoms with van der Waals surface area (Å²) < 4.78 is 5.58. The average Bonchev–Trinajstić information content (AvgIpc) is 3.24. The summed E-state index contributed by atoms with van der Waals surface area (Å²) in [5, 5.41) is 7.71. The molecule has 1 unspecified atom stereocenters. The number of morpholine rings is 1. The number of hydrogen-bond acceptors (Lipinski definition) is 8. The van der Waals surface area contributed by atoms with E-state index in [4.69, 9.17) is 4.74 Å². The number of fused-ring (bicyclic) bond motifs is 1. The van der Waals surface area contributed by atoms with Crippen LogP contribution in [0.5, 0.6) is 0 Å². The van der Waals surface area contributed by atoms with Crippen molar-refractivity contribution in [2.24, 2.45) is 5.10 Å². The first-order valence-corrected chi connectivity index (χ1v) is 11.2. The van der Waals surface area contributed by atoms with Crippen LogP contribution in [-0.4, -0.2) is 47.0 Å². The Bertz CT molecular complexity index is 1190. The first-order valence-electron chi connectivity index (χ1n) is 11.2. The molecule has 33 heavy (non-hydrogen) atoms. The monoisotopic (exact) mass is 441 g/mol. The summed E-state index contributed by atoms with van der Waals surface area (Å²) in [7, 11) is 0. The topological polar surface area (TPSA) is 87.6 Å². The minimum absolute atomic E-state index is 0.171. The highest BCUT2D eigenvalue weighted by Crippen LogP contribution is 2.26. The molecule has 1 aromatic heterocycles. The highest BCUT2D eigenvalue weighted by Gasteiger charge is 2.23. The van der Waals surface area contributed by atoms with Gasteiger partial charge in [0.2, 0.25) is 17.8 Å². The van der Waals surface area contributed by atoms with Gasteiger partial charge in [-0.1, -0.05) is 48.0 Å². The molecule has 1 aliphatic carbocycles. The molecule has 3 aromatic rings. The quantitative estimate of drug-likeness (QED) is 0.438. The summed E-state index contributed by atoms with van der Waals surface area (Å²) in [4.78, 5) is 16.0. The Morgan fingerprint density at radius 3 is 2.73 bits per heavy atom. The van der Waals surface area contributed by atoms with E-state index in [1.807, 2.05) is 36.5 Å². The van der Waals surface area contributed by atoms with Crippen molar-refractivity contribution >= 4 is 35.3 Å². The zero-order valence-electron chi connectivity index (χ0n) is 18.8. The number of aryl methyl sites for hydroxylation is 1. The second kappa shape index (κ2) is 9.38. The Kier molecular flexibility index (Phi) is 5.99. The molecule has 0 amide bonds. The number of aromatic nitrogens is 3. The third-order valence-electron chi connectivity index (χ3n) is 5.79. The van der Waals surface area contributed by atoms with E-state index >= 15 is 0 Å². The number of anilines is 4. The summed E-state index contributed by atoms with van der Waals surface area (Å²) in [6, 6.07) is 16.6. The van der Waals surface area contributed by atoms with Crippen LogP contribution in [-0.2, 0) is 11.2 Å². The van der Waals surface area contributed by atoms with Crippen LogP contribution in [0.3, 0.4) is 0 Å². The molecule has 8 nitrogen and oxygen atoms in total. The van der Waals surface area contributed by atoms with Gasteiger partial charge in [-0.25, -0.2) is 5.43 Å². The Hall–Kier alpha value is -3.78. The van der Waals surface area contributed by atoms with Gasteiger partial charge in [0.1, 0.15) is 0 Å². The third-order valence-corrected chi connectivity index (χ3v) is 5.79. The number of nitrogens with one attached hydrogen (secondary N) is 2. The molecule has 0 bridgehead atoms. The maximum atomic E-state index is 5.58. The van der Waals surface area contributed by atoms with Gasteiger partial charge in [0.15, 0.2) is 0 Å². The SMILES string of the molecule is Cc1ccc(Nc2nc(N/N=C/C3=CCc4ccccc43)nc(N3CCOCC3C)n2)cc1. The number of hydrazone groups is 1. The van der Waals surface area contributed by atoms with Gasteiger partial charge in [0, 0.05) is 12.2 Å². The molecule has 1 atom stereocenters. The van der Waals surface area contributed by atoms with E-state index < -0.39 is 0 Å². The van der Waals surface area contributed by atoms with Crippen LogP contribution in [0.1, 0.15) is 23.6 Å². The van der Waals surface area contributed by atoms with Gasteiger partial charge in [0.25, 0.3) is 0 Å². The molecule has 1 fully saturated rings. The molecular formula is C25H27N7O. The van der Waals surface area contributed by atoms with E-state index in [1.165, 1.54) is 16.7 Å². The number of hydrogen-bond donors (Lipinski definition) is 2. The lowest BCUT2D eigenvalue weighted by atomic mass is 10.1. The standard InChI is InChI=1S/C25H27N7O/c1-17-7-11-21(12-8-17)27-23-28-24(30-25(29-23)32-13-14-33-16-18(32)2)31-26-15-20-10-9-19-5-3-4-6-22(19)20/h3-8,10-12,15,18H,9,13-14,16H2,1-2H3,(H2,27,28,29,30,31)/b26-15+. The largest absolute Gasteiger partial charge is 0.377 e. The molecule has 1 saturated heterocycles. The zero-order chi connectivity index (χ0) is 22.6. The Labute approximate surface area is 193 Å². The summed E-state index contributed by atoms with van der Waals surface area (Å²) in [5.41, 5.74) is 8.72. The maximum absolute atomic E-state index is 5.58. The summed E-state index contributed by atoms with van der Waals surface area (Å²) in [6.07, 6.45) is 4.92. The first-order chi connectivity index (χ1) is 16.2. The van der Waals surface area contributed by atoms with Gasteiger partial charge >= 0.3 is 0 Å². The molecule has 0 spiro atoms. The maximum Gasteiger partial charge on any atom is 0.250 e. The van der Waals surface area contributed by atoms with E-state index in [0.29, 0.717) is 31.1 Å². The number of benzene rings is 2. The predicted molar refractivity (Wildman–Crippen MR) is 132 cm³/mol. The normalized spacial score (nSPS) is 17.7. The van der Waals surface area contributed by atoms with E-state index in [0.717, 1.165) is 24.2 Å². The molecule has 2 aliphatic rings. The van der Waals surface area contributed by atoms with Crippen molar-refractivity contribution in [3.05, 3.63) is 71.3 Å². The van der Waals surface area contributed by atoms with E-state index in [9.17, 15) is 0 Å². The molecule has 2 N–H and O–H groups in total. The molecular weight excluding hydrogens is 414 g/mol. The highest BCUT2D eigenvalue weighted by atomic mass is 16.5. The minimum Gasteiger partial charge on any atom is -0.377 e. The fraction of sp³-hybridized carbons (Fsp3) is 0.280. The fourth-order valence-corrected chi connectivity index (χ4v) is 3.98. The van der Waals surface area contributed by atoms with Crippen molar-refractivity contribution in [3.8, 4) is 0 Å². The number of nitrogens with zero attached hydrogens (tertiary/aromatic N) is 5. The van der Waals surface area contributed by atoms with Crippen molar-refractivity contribution in [1.82, 2.24) is 15.0 Å². The Morgan fingerprint density at radius 1 is 1.06 bits per heavy atom. The van der Waals surface area contributed by atoms with Crippen LogP contribution in [0, 0.1) is 6.92 Å². The number of ether oxygens (including phenoxy) is 1. The van der Waals surface area contributed by atoms with Crippen molar-refractivity contribution in [3.63, 3.8) is 0 Å². The second-order valence-corrected chi connectivity index (χ2v) is 8.28. The van der Waals surface area contributed by atoms with Gasteiger partial charge < -0.3 is 15.0 Å². The van der Waals surface area contributed by atoms with E-state index in [2.05, 4.69) is 73.8 Å². The molecule has 1 aliphatic heterocycles. The molecule has 0 radical (unpaired) electrons. The summed E-state index contributed by atoms with van der Waals surface area (Å²) >= 11 is 0. The van der Waals surface area contributed by atoms with E-state index in [-0.39, 0.29) is 6.04 Å². The molecule has 2 heterocycles. The van der Waals surface area contributed by atoms with Gasteiger partial charge in [0.05, 0.1) is 25.5 Å². The summed E-state index contributed by atoms with van der Waals surface area (Å²) in [6.45, 7) is 6.17. The van der Waals surface area contributed by atoms with E-state index in [1.54, 1.807) is 0 Å². The average molecular weight is 442 g/mol. The molecule has 0 saturated carbocycles. The summed E-state index contributed by atoms with van der Waals surface area (Å²) in [5.74, 6) is 1.45. The molecule has 168 valence electrons. The fourth-order valence-electron chi connectivity index (χ4n) is 3.98. The predicted octanol–water partition coefficient (Wildman–Crippen LogP) is 4.19. The highest BCUT2D eigenvalue weighted by molar-refractivity contribution is 6.11. The zero-order valence-corrected chi connectivity index (χ0v) is 18.8. The van der Waals surface area contributed by atoms with Crippen molar-refractivity contribution in [1.29, 1.82) is 0 Å². The van der Waals surface area contributed by atoms with Crippen LogP contribution in [0.2, 0.25) is 0 Å². The van der Waals surface area contributed by atoms with Crippen molar-refractivity contribution in [2.45, 2.75) is 26.3 Å².